The van der Waals surface area contributed by atoms with Crippen molar-refractivity contribution in [3.63, 3.8) is 0 Å². The predicted molar refractivity (Wildman–Crippen MR) is 193 cm³/mol. The van der Waals surface area contributed by atoms with Gasteiger partial charge in [0.1, 0.15) is 17.7 Å². The zero-order valence-corrected chi connectivity index (χ0v) is 31.2. The van der Waals surface area contributed by atoms with Gasteiger partial charge in [0.05, 0.1) is 23.6 Å². The van der Waals surface area contributed by atoms with Gasteiger partial charge in [-0.15, -0.1) is 5.92 Å². The van der Waals surface area contributed by atoms with Crippen molar-refractivity contribution < 1.29 is 45.4 Å². The second-order valence-electron chi connectivity index (χ2n) is 15.1. The quantitative estimate of drug-likeness (QED) is 0.142. The van der Waals surface area contributed by atoms with Gasteiger partial charge >= 0.3 is 12.1 Å². The number of likely N-dealkylation sites (tertiary alicyclic amines) is 1. The minimum Gasteiger partial charge on any atom is -0.481 e. The molecule has 14 heteroatoms. The minimum atomic E-state index is -4.93. The summed E-state index contributed by atoms with van der Waals surface area (Å²) in [6, 6.07) is 3.50. The van der Waals surface area contributed by atoms with Gasteiger partial charge in [-0.3, -0.25) is 14.4 Å². The van der Waals surface area contributed by atoms with Crippen molar-refractivity contribution in [2.45, 2.75) is 96.8 Å². The van der Waals surface area contributed by atoms with Crippen LogP contribution in [0.15, 0.2) is 41.3 Å². The van der Waals surface area contributed by atoms with Crippen LogP contribution in [0, 0.1) is 49.2 Å². The van der Waals surface area contributed by atoms with Gasteiger partial charge in [-0.25, -0.2) is 17.6 Å². The average Bonchev–Trinajstić information content (AvgIpc) is 3.69. The van der Waals surface area contributed by atoms with Crippen LogP contribution in [-0.2, 0) is 15.8 Å². The van der Waals surface area contributed by atoms with Crippen LogP contribution in [0.4, 0.5) is 30.7 Å². The Labute approximate surface area is 314 Å². The van der Waals surface area contributed by atoms with Crippen LogP contribution < -0.4 is 10.9 Å². The first-order valence-electron chi connectivity index (χ1n) is 18.2. The number of carboxylic acid groups (broad SMARTS) is 1. The smallest absolute Gasteiger partial charge is 0.416 e. The number of pyridine rings is 1. The van der Waals surface area contributed by atoms with Crippen molar-refractivity contribution in [1.82, 2.24) is 14.8 Å². The molecule has 296 valence electrons. The summed E-state index contributed by atoms with van der Waals surface area (Å²) in [5, 5.41) is 12.3. The topological polar surface area (TPSA) is 91.6 Å². The Morgan fingerprint density at radius 3 is 2.20 bits per heavy atom. The number of alkyl halides is 5. The SMILES string of the molecule is CC#Cc1cc(-c2c(C)cccc2C)c(F)c([C@@H](CC(=O)O)NC(=O)[C@H](CC(C)C)n2cc(C3CCN(C[C@H]4CC4(F)F)CC3)c(C(F)(F)F)cc2=O)c1F. The highest BCUT2D eigenvalue weighted by Crippen LogP contribution is 2.49. The molecule has 1 aliphatic carbocycles. The van der Waals surface area contributed by atoms with E-state index in [0.717, 1.165) is 10.8 Å². The van der Waals surface area contributed by atoms with E-state index in [1.54, 1.807) is 50.8 Å². The molecule has 1 aliphatic heterocycles. The van der Waals surface area contributed by atoms with E-state index in [0.29, 0.717) is 22.8 Å². The first-order chi connectivity index (χ1) is 25.7. The Hall–Kier alpha value is -4.64. The Morgan fingerprint density at radius 2 is 1.67 bits per heavy atom. The molecule has 3 atom stereocenters. The van der Waals surface area contributed by atoms with E-state index in [9.17, 15) is 41.4 Å². The molecular formula is C41H44F7N3O4. The van der Waals surface area contributed by atoms with Crippen LogP contribution in [0.5, 0.6) is 0 Å². The standard InChI is InChI=1S/C41H44F7N3O4/c1-6-8-26-16-28(35-23(4)9-7-10-24(35)5)38(43)36(37(26)42)31(18-34(53)54)49-39(55)32(15-22(2)3)51-21-29(30(17-33(51)52)41(46,47)48)25-11-13-50(14-12-25)20-27-19-40(27,44)45/h7,9-10,16-17,21-22,25,27,31-32H,11-15,18-20H2,1-5H3,(H,49,55)(H,53,54)/t27-,31-,32+/m1/s1. The van der Waals surface area contributed by atoms with Crippen LogP contribution in [0.2, 0.25) is 0 Å². The maximum atomic E-state index is 16.7. The van der Waals surface area contributed by atoms with Crippen LogP contribution in [0.25, 0.3) is 11.1 Å². The number of carbonyl (C=O) groups is 2. The molecule has 1 aromatic heterocycles. The predicted octanol–water partition coefficient (Wildman–Crippen LogP) is 8.55. The Morgan fingerprint density at radius 1 is 1.05 bits per heavy atom. The fourth-order valence-electron chi connectivity index (χ4n) is 7.66. The Balaban J connectivity index is 1.56. The highest BCUT2D eigenvalue weighted by molar-refractivity contribution is 5.82. The van der Waals surface area contributed by atoms with Crippen molar-refractivity contribution in [1.29, 1.82) is 0 Å². The molecular weight excluding hydrogens is 731 g/mol. The summed E-state index contributed by atoms with van der Waals surface area (Å²) >= 11 is 0. The molecule has 0 radical (unpaired) electrons. The lowest BCUT2D eigenvalue weighted by Gasteiger charge is -2.34. The summed E-state index contributed by atoms with van der Waals surface area (Å²) in [7, 11) is 0. The second-order valence-corrected chi connectivity index (χ2v) is 15.1. The molecule has 0 bridgehead atoms. The summed E-state index contributed by atoms with van der Waals surface area (Å²) in [6.07, 6.45) is -4.90. The molecule has 2 heterocycles. The van der Waals surface area contributed by atoms with Gasteiger partial charge in [-0.2, -0.15) is 13.2 Å². The molecule has 5 rings (SSSR count). The third kappa shape index (κ3) is 9.26. The lowest BCUT2D eigenvalue weighted by molar-refractivity contribution is -0.139. The minimum absolute atomic E-state index is 0.0754. The summed E-state index contributed by atoms with van der Waals surface area (Å²) < 4.78 is 104. The third-order valence-corrected chi connectivity index (χ3v) is 10.5. The van der Waals surface area contributed by atoms with E-state index < -0.39 is 82.6 Å². The van der Waals surface area contributed by atoms with Gasteiger partial charge in [0.25, 0.3) is 11.5 Å². The highest BCUT2D eigenvalue weighted by Gasteiger charge is 2.57. The molecule has 7 nitrogen and oxygen atoms in total. The lowest BCUT2D eigenvalue weighted by Crippen LogP contribution is -2.41. The van der Waals surface area contributed by atoms with Crippen molar-refractivity contribution in [3.05, 3.63) is 91.9 Å². The zero-order chi connectivity index (χ0) is 40.6. The molecule has 1 amide bonds. The number of nitrogens with one attached hydrogen (secondary N) is 1. The fraction of sp³-hybridized carbons (Fsp3) is 0.488. The van der Waals surface area contributed by atoms with Gasteiger partial charge in [-0.1, -0.05) is 38.0 Å². The number of aliphatic carboxylic acids is 1. The number of nitrogens with zero attached hydrogens (tertiary/aromatic N) is 2. The monoisotopic (exact) mass is 775 g/mol. The highest BCUT2D eigenvalue weighted by atomic mass is 19.4. The zero-order valence-electron chi connectivity index (χ0n) is 31.2. The number of carbonyl (C=O) groups excluding carboxylic acids is 1. The van der Waals surface area contributed by atoms with Gasteiger partial charge in [0.15, 0.2) is 0 Å². The summed E-state index contributed by atoms with van der Waals surface area (Å²) in [6.45, 7) is 8.91. The van der Waals surface area contributed by atoms with E-state index in [2.05, 4.69) is 17.2 Å². The molecule has 2 N–H and O–H groups in total. The number of hydrogen-bond acceptors (Lipinski definition) is 4. The molecule has 2 fully saturated rings. The number of rotatable bonds is 12. The molecule has 2 aliphatic rings. The number of carboxylic acids is 1. The Kier molecular flexibility index (Phi) is 12.2. The number of halogens is 7. The van der Waals surface area contributed by atoms with Crippen LogP contribution in [0.1, 0.15) is 104 Å². The van der Waals surface area contributed by atoms with E-state index in [-0.39, 0.29) is 67.9 Å². The summed E-state index contributed by atoms with van der Waals surface area (Å²) in [5.74, 6) is -4.32. The molecule has 1 saturated heterocycles. The van der Waals surface area contributed by atoms with Gasteiger partial charge in [-0.05, 0) is 93.3 Å². The molecule has 2 aromatic carbocycles. The van der Waals surface area contributed by atoms with Crippen LogP contribution in [-0.4, -0.2) is 52.0 Å². The third-order valence-electron chi connectivity index (χ3n) is 10.5. The van der Waals surface area contributed by atoms with Crippen molar-refractivity contribution in [2.24, 2.45) is 11.8 Å². The summed E-state index contributed by atoms with van der Waals surface area (Å²) in [4.78, 5) is 41.7. The number of piperidine rings is 1. The molecule has 1 saturated carbocycles. The molecule has 3 aromatic rings. The fourth-order valence-corrected chi connectivity index (χ4v) is 7.66. The number of amides is 1. The van der Waals surface area contributed by atoms with Gasteiger partial charge in [0.2, 0.25) is 5.91 Å². The molecule has 0 unspecified atom stereocenters. The largest absolute Gasteiger partial charge is 0.481 e. The molecule has 0 spiro atoms. The van der Waals surface area contributed by atoms with E-state index in [4.69, 9.17) is 0 Å². The van der Waals surface area contributed by atoms with Crippen molar-refractivity contribution in [3.8, 4) is 23.0 Å². The molecule has 55 heavy (non-hydrogen) atoms. The van der Waals surface area contributed by atoms with Crippen LogP contribution in [0.3, 0.4) is 0 Å². The Bertz CT molecular complexity index is 2050. The first kappa shape index (κ1) is 41.5. The van der Waals surface area contributed by atoms with E-state index >= 15 is 8.78 Å². The number of aryl methyl sites for hydroxylation is 2. The number of aromatic nitrogens is 1. The number of hydrogen-bond donors (Lipinski definition) is 2. The van der Waals surface area contributed by atoms with Gasteiger partial charge < -0.3 is 19.9 Å². The summed E-state index contributed by atoms with van der Waals surface area (Å²) in [5.41, 5.74) is -1.99. The van der Waals surface area contributed by atoms with Crippen molar-refractivity contribution in [2.75, 3.05) is 19.6 Å². The number of benzene rings is 2. The lowest BCUT2D eigenvalue weighted by atomic mass is 9.87. The normalized spacial score (nSPS) is 18.4. The van der Waals surface area contributed by atoms with Gasteiger partial charge in [0, 0.05) is 42.3 Å². The maximum absolute atomic E-state index is 16.7. The van der Waals surface area contributed by atoms with E-state index in [1.165, 1.54) is 13.0 Å². The van der Waals surface area contributed by atoms with Crippen molar-refractivity contribution >= 4 is 11.9 Å². The maximum Gasteiger partial charge on any atom is 0.416 e. The first-order valence-corrected chi connectivity index (χ1v) is 18.2. The van der Waals surface area contributed by atoms with E-state index in [1.807, 2.05) is 0 Å². The average molecular weight is 776 g/mol. The van der Waals surface area contributed by atoms with Crippen LogP contribution >= 0.6 is 0 Å². The second kappa shape index (κ2) is 16.2.